The molecular formula is C8H12N2O. The molecule has 0 heterocycles. The molecule has 60 valence electrons. The molecule has 0 bridgehead atoms. The first kappa shape index (κ1) is 9.70. The molecule has 0 N–H and O–H groups in total. The molecule has 0 spiro atoms. The second-order valence-corrected chi connectivity index (χ2v) is 2.36. The van der Waals surface area contributed by atoms with Crippen LogP contribution in [0.25, 0.3) is 0 Å². The molecule has 0 fully saturated rings. The van der Waals surface area contributed by atoms with Crippen molar-refractivity contribution in [3.63, 3.8) is 0 Å². The Kier molecular flexibility index (Phi) is 3.97. The van der Waals surface area contributed by atoms with E-state index in [9.17, 15) is 4.79 Å². The van der Waals surface area contributed by atoms with Gasteiger partial charge in [0.05, 0.1) is 6.07 Å². The van der Waals surface area contributed by atoms with Crippen LogP contribution in [0.3, 0.4) is 0 Å². The molecule has 0 aliphatic rings. The van der Waals surface area contributed by atoms with Crippen molar-refractivity contribution in [3.05, 3.63) is 12.7 Å². The molecule has 1 amide bonds. The Morgan fingerprint density at radius 1 is 1.91 bits per heavy atom. The van der Waals surface area contributed by atoms with E-state index in [1.54, 1.807) is 20.0 Å². The van der Waals surface area contributed by atoms with Crippen LogP contribution in [0.1, 0.15) is 6.92 Å². The minimum atomic E-state index is -0.556. The first-order chi connectivity index (χ1) is 5.13. The Bertz CT molecular complexity index is 193. The Morgan fingerprint density at radius 3 is 2.82 bits per heavy atom. The van der Waals surface area contributed by atoms with Gasteiger partial charge in [0.15, 0.2) is 0 Å². The van der Waals surface area contributed by atoms with Gasteiger partial charge in [0.25, 0.3) is 0 Å². The molecule has 3 heteroatoms. The summed E-state index contributed by atoms with van der Waals surface area (Å²) < 4.78 is 0. The van der Waals surface area contributed by atoms with Gasteiger partial charge in [-0.25, -0.2) is 0 Å². The van der Waals surface area contributed by atoms with Gasteiger partial charge in [0.1, 0.15) is 5.92 Å². The van der Waals surface area contributed by atoms with Crippen molar-refractivity contribution in [2.75, 3.05) is 13.6 Å². The summed E-state index contributed by atoms with van der Waals surface area (Å²) in [5.74, 6) is -0.715. The highest BCUT2D eigenvalue weighted by molar-refractivity contribution is 5.80. The van der Waals surface area contributed by atoms with Crippen molar-refractivity contribution in [1.82, 2.24) is 4.90 Å². The molecule has 0 saturated carbocycles. The predicted octanol–water partition coefficient (Wildman–Crippen LogP) is 0.790. The van der Waals surface area contributed by atoms with Crippen molar-refractivity contribution in [2.45, 2.75) is 6.92 Å². The third-order valence-electron chi connectivity index (χ3n) is 1.34. The fraction of sp³-hybridized carbons (Fsp3) is 0.500. The second-order valence-electron chi connectivity index (χ2n) is 2.36. The van der Waals surface area contributed by atoms with Crippen molar-refractivity contribution in [3.8, 4) is 6.07 Å². The van der Waals surface area contributed by atoms with E-state index >= 15 is 0 Å². The zero-order valence-corrected chi connectivity index (χ0v) is 6.87. The van der Waals surface area contributed by atoms with Crippen molar-refractivity contribution in [2.24, 2.45) is 5.92 Å². The summed E-state index contributed by atoms with van der Waals surface area (Å²) in [6.07, 6.45) is 1.63. The highest BCUT2D eigenvalue weighted by atomic mass is 16.2. The van der Waals surface area contributed by atoms with E-state index in [0.29, 0.717) is 6.54 Å². The summed E-state index contributed by atoms with van der Waals surface area (Å²) in [5.41, 5.74) is 0. The largest absolute Gasteiger partial charge is 0.341 e. The summed E-state index contributed by atoms with van der Waals surface area (Å²) >= 11 is 0. The Morgan fingerprint density at radius 2 is 2.45 bits per heavy atom. The van der Waals surface area contributed by atoms with Gasteiger partial charge in [-0.15, -0.1) is 6.58 Å². The number of nitrogens with zero attached hydrogens (tertiary/aromatic N) is 2. The molecule has 11 heavy (non-hydrogen) atoms. The van der Waals surface area contributed by atoms with Gasteiger partial charge in [0.2, 0.25) is 5.91 Å². The number of likely N-dealkylation sites (N-methyl/N-ethyl adjacent to an activating group) is 1. The van der Waals surface area contributed by atoms with Gasteiger partial charge in [0, 0.05) is 13.6 Å². The van der Waals surface area contributed by atoms with E-state index in [0.717, 1.165) is 0 Å². The minimum absolute atomic E-state index is 0.160. The van der Waals surface area contributed by atoms with Gasteiger partial charge < -0.3 is 4.90 Å². The average Bonchev–Trinajstić information content (AvgIpc) is 2.02. The molecule has 1 atom stereocenters. The topological polar surface area (TPSA) is 44.1 Å². The number of amides is 1. The molecule has 0 rings (SSSR count). The molecule has 0 aromatic rings. The normalized spacial score (nSPS) is 11.4. The third-order valence-corrected chi connectivity index (χ3v) is 1.34. The summed E-state index contributed by atoms with van der Waals surface area (Å²) in [6, 6.07) is 1.88. The monoisotopic (exact) mass is 152 g/mol. The highest BCUT2D eigenvalue weighted by Crippen LogP contribution is 1.97. The lowest BCUT2D eigenvalue weighted by Gasteiger charge is -2.15. The third kappa shape index (κ3) is 2.85. The number of hydrogen-bond donors (Lipinski definition) is 0. The number of nitriles is 1. The first-order valence-electron chi connectivity index (χ1n) is 3.39. The van der Waals surface area contributed by atoms with Crippen molar-refractivity contribution in [1.29, 1.82) is 5.26 Å². The number of carbonyl (C=O) groups is 1. The fourth-order valence-electron chi connectivity index (χ4n) is 0.669. The van der Waals surface area contributed by atoms with Crippen LogP contribution in [-0.4, -0.2) is 24.4 Å². The zero-order valence-electron chi connectivity index (χ0n) is 6.87. The zero-order chi connectivity index (χ0) is 8.85. The molecule has 0 aliphatic carbocycles. The van der Waals surface area contributed by atoms with Crippen LogP contribution in [0.15, 0.2) is 12.7 Å². The maximum atomic E-state index is 11.1. The summed E-state index contributed by atoms with van der Waals surface area (Å²) in [5, 5.41) is 8.40. The van der Waals surface area contributed by atoms with Crippen LogP contribution in [0.4, 0.5) is 0 Å². The van der Waals surface area contributed by atoms with Crippen LogP contribution in [-0.2, 0) is 4.79 Å². The minimum Gasteiger partial charge on any atom is -0.341 e. The maximum Gasteiger partial charge on any atom is 0.239 e. The number of rotatable bonds is 3. The quantitative estimate of drug-likeness (QED) is 0.561. The average molecular weight is 152 g/mol. The van der Waals surface area contributed by atoms with E-state index in [1.165, 1.54) is 4.90 Å². The van der Waals surface area contributed by atoms with Crippen LogP contribution in [0, 0.1) is 17.2 Å². The van der Waals surface area contributed by atoms with Gasteiger partial charge in [-0.3, -0.25) is 4.79 Å². The van der Waals surface area contributed by atoms with Crippen LogP contribution < -0.4 is 0 Å². The Hall–Kier alpha value is -1.30. The molecule has 0 radical (unpaired) electrons. The van der Waals surface area contributed by atoms with Crippen molar-refractivity contribution >= 4 is 5.91 Å². The number of carbonyl (C=O) groups excluding carboxylic acids is 1. The van der Waals surface area contributed by atoms with E-state index in [-0.39, 0.29) is 5.91 Å². The van der Waals surface area contributed by atoms with E-state index in [4.69, 9.17) is 5.26 Å². The van der Waals surface area contributed by atoms with E-state index in [2.05, 4.69) is 6.58 Å². The van der Waals surface area contributed by atoms with Gasteiger partial charge in [-0.1, -0.05) is 6.08 Å². The lowest BCUT2D eigenvalue weighted by Crippen LogP contribution is -2.31. The molecular weight excluding hydrogens is 140 g/mol. The lowest BCUT2D eigenvalue weighted by atomic mass is 10.2. The second kappa shape index (κ2) is 4.51. The van der Waals surface area contributed by atoms with Crippen LogP contribution in [0.5, 0.6) is 0 Å². The molecule has 0 aliphatic heterocycles. The van der Waals surface area contributed by atoms with Gasteiger partial charge in [-0.05, 0) is 6.92 Å². The fourth-order valence-corrected chi connectivity index (χ4v) is 0.669. The standard InChI is InChI=1S/C8H12N2O/c1-4-5-10(3)8(11)7(2)6-9/h4,7H,1,5H2,2-3H3. The lowest BCUT2D eigenvalue weighted by molar-refractivity contribution is -0.131. The predicted molar refractivity (Wildman–Crippen MR) is 42.6 cm³/mol. The van der Waals surface area contributed by atoms with Crippen LogP contribution in [0.2, 0.25) is 0 Å². The highest BCUT2D eigenvalue weighted by Gasteiger charge is 2.14. The Balaban J connectivity index is 4.03. The molecule has 0 aromatic heterocycles. The molecule has 3 nitrogen and oxygen atoms in total. The van der Waals surface area contributed by atoms with Crippen molar-refractivity contribution < 1.29 is 4.79 Å². The molecule has 0 aromatic carbocycles. The summed E-state index contributed by atoms with van der Waals surface area (Å²) in [6.45, 7) is 5.57. The maximum absolute atomic E-state index is 11.1. The SMILES string of the molecule is C=CCN(C)C(=O)C(C)C#N. The van der Waals surface area contributed by atoms with Gasteiger partial charge in [-0.2, -0.15) is 5.26 Å². The summed E-state index contributed by atoms with van der Waals surface area (Å²) in [4.78, 5) is 12.6. The molecule has 0 saturated heterocycles. The van der Waals surface area contributed by atoms with E-state index < -0.39 is 5.92 Å². The smallest absolute Gasteiger partial charge is 0.239 e. The molecule has 1 unspecified atom stereocenters. The Labute approximate surface area is 66.9 Å². The van der Waals surface area contributed by atoms with Gasteiger partial charge >= 0.3 is 0 Å². The first-order valence-corrected chi connectivity index (χ1v) is 3.39. The number of hydrogen-bond acceptors (Lipinski definition) is 2. The summed E-state index contributed by atoms with van der Waals surface area (Å²) in [7, 11) is 1.65. The van der Waals surface area contributed by atoms with E-state index in [1.807, 2.05) is 6.07 Å². The van der Waals surface area contributed by atoms with Crippen LogP contribution >= 0.6 is 0 Å².